The molecule has 0 saturated carbocycles. The summed E-state index contributed by atoms with van der Waals surface area (Å²) < 4.78 is 4.65. The van der Waals surface area contributed by atoms with Gasteiger partial charge in [-0.05, 0) is 6.42 Å². The minimum atomic E-state index is -0.567. The van der Waals surface area contributed by atoms with Crippen molar-refractivity contribution < 1.29 is 14.3 Å². The van der Waals surface area contributed by atoms with E-state index in [1.165, 1.54) is 0 Å². The molecule has 4 heteroatoms. The molecule has 0 aliphatic carbocycles. The topological polar surface area (TPSA) is 55.4 Å². The lowest BCUT2D eigenvalue weighted by Crippen LogP contribution is -2.25. The van der Waals surface area contributed by atoms with Crippen LogP contribution >= 0.6 is 0 Å². The Morgan fingerprint density at radius 1 is 1.50 bits per heavy atom. The van der Waals surface area contributed by atoms with Gasteiger partial charge in [-0.25, -0.2) is 4.79 Å². The number of nitrogens with one attached hydrogen (secondary N) is 1. The maximum Gasteiger partial charge on any atom is 0.407 e. The molecule has 0 spiro atoms. The van der Waals surface area contributed by atoms with Crippen LogP contribution in [0.25, 0.3) is 0 Å². The smallest absolute Gasteiger partial charge is 0.407 e. The summed E-state index contributed by atoms with van der Waals surface area (Å²) in [5, 5.41) is 2.25. The van der Waals surface area contributed by atoms with Gasteiger partial charge in [-0.2, -0.15) is 0 Å². The average Bonchev–Trinajstić information content (AvgIpc) is 2.09. The van der Waals surface area contributed by atoms with Crippen LogP contribution in [-0.2, 0) is 9.53 Å². The van der Waals surface area contributed by atoms with E-state index in [1.54, 1.807) is 6.08 Å². The van der Waals surface area contributed by atoms with E-state index in [0.717, 1.165) is 6.42 Å². The normalized spacial score (nSPS) is 9.75. The molecule has 0 saturated heterocycles. The lowest BCUT2D eigenvalue weighted by atomic mass is 10.4. The van der Waals surface area contributed by atoms with Gasteiger partial charge in [0, 0.05) is 0 Å². The highest BCUT2D eigenvalue weighted by molar-refractivity contribution is 5.70. The Bertz CT molecular complexity index is 166. The summed E-state index contributed by atoms with van der Waals surface area (Å²) in [4.78, 5) is 20.4. The second-order valence-electron chi connectivity index (χ2n) is 2.03. The predicted molar refractivity (Wildman–Crippen MR) is 44.8 cm³/mol. The molecular weight excluding hydrogens is 158 g/mol. The van der Waals surface area contributed by atoms with E-state index in [-0.39, 0.29) is 13.2 Å². The molecule has 1 amide bonds. The number of aldehydes is 1. The predicted octanol–water partition coefficient (Wildman–Crippen LogP) is 0.878. The lowest BCUT2D eigenvalue weighted by molar-refractivity contribution is -0.107. The van der Waals surface area contributed by atoms with Gasteiger partial charge < -0.3 is 14.8 Å². The molecule has 0 bridgehead atoms. The first-order valence-corrected chi connectivity index (χ1v) is 3.80. The molecule has 0 fully saturated rings. The van der Waals surface area contributed by atoms with Crippen LogP contribution in [-0.4, -0.2) is 25.5 Å². The molecule has 4 nitrogen and oxygen atoms in total. The molecule has 0 aromatic rings. The van der Waals surface area contributed by atoms with Crippen LogP contribution in [0.1, 0.15) is 13.3 Å². The van der Waals surface area contributed by atoms with Crippen LogP contribution in [0.2, 0.25) is 0 Å². The van der Waals surface area contributed by atoms with Crippen molar-refractivity contribution in [3.05, 3.63) is 12.2 Å². The SMILES string of the molecule is CCC=CCOC(=O)NCC=O. The summed E-state index contributed by atoms with van der Waals surface area (Å²) in [6.07, 6.45) is 4.60. The molecule has 0 aliphatic rings. The first-order chi connectivity index (χ1) is 5.81. The number of carbonyl (C=O) groups excluding carboxylic acids is 2. The van der Waals surface area contributed by atoms with E-state index < -0.39 is 6.09 Å². The second kappa shape index (κ2) is 7.78. The number of allylic oxidation sites excluding steroid dienone is 1. The Hall–Kier alpha value is -1.32. The second-order valence-corrected chi connectivity index (χ2v) is 2.03. The summed E-state index contributed by atoms with van der Waals surface area (Å²) in [6.45, 7) is 2.23. The van der Waals surface area contributed by atoms with Gasteiger partial charge in [0.1, 0.15) is 12.9 Å². The zero-order valence-corrected chi connectivity index (χ0v) is 7.08. The van der Waals surface area contributed by atoms with Crippen molar-refractivity contribution in [2.24, 2.45) is 0 Å². The van der Waals surface area contributed by atoms with Crippen molar-refractivity contribution in [3.8, 4) is 0 Å². The molecule has 0 unspecified atom stereocenters. The number of rotatable bonds is 5. The third kappa shape index (κ3) is 6.80. The van der Waals surface area contributed by atoms with Gasteiger partial charge in [-0.1, -0.05) is 19.1 Å². The maximum atomic E-state index is 10.6. The number of ether oxygens (including phenoxy) is 1. The van der Waals surface area contributed by atoms with Crippen molar-refractivity contribution >= 4 is 12.4 Å². The molecule has 0 radical (unpaired) electrons. The fraction of sp³-hybridized carbons (Fsp3) is 0.500. The zero-order chi connectivity index (χ0) is 9.23. The molecule has 12 heavy (non-hydrogen) atoms. The fourth-order valence-electron chi connectivity index (χ4n) is 0.535. The van der Waals surface area contributed by atoms with Gasteiger partial charge >= 0.3 is 6.09 Å². The summed E-state index contributed by atoms with van der Waals surface area (Å²) in [7, 11) is 0. The molecule has 0 aliphatic heterocycles. The Kier molecular flexibility index (Phi) is 6.93. The van der Waals surface area contributed by atoms with Crippen LogP contribution in [0.15, 0.2) is 12.2 Å². The van der Waals surface area contributed by atoms with Gasteiger partial charge in [0.2, 0.25) is 0 Å². The molecule has 0 aromatic carbocycles. The molecule has 1 N–H and O–H groups in total. The monoisotopic (exact) mass is 171 g/mol. The number of amides is 1. The molecule has 0 aromatic heterocycles. The van der Waals surface area contributed by atoms with Gasteiger partial charge in [0.05, 0.1) is 6.54 Å². The van der Waals surface area contributed by atoms with Crippen molar-refractivity contribution in [1.82, 2.24) is 5.32 Å². The summed E-state index contributed by atoms with van der Waals surface area (Å²) >= 11 is 0. The molecule has 0 heterocycles. The number of hydrogen-bond acceptors (Lipinski definition) is 3. The highest BCUT2D eigenvalue weighted by atomic mass is 16.5. The molecular formula is C8H13NO3. The third-order valence-electron chi connectivity index (χ3n) is 1.04. The van der Waals surface area contributed by atoms with Crippen molar-refractivity contribution in [1.29, 1.82) is 0 Å². The minimum Gasteiger partial charge on any atom is -0.445 e. The van der Waals surface area contributed by atoms with Crippen LogP contribution in [0.4, 0.5) is 4.79 Å². The van der Waals surface area contributed by atoms with Gasteiger partial charge in [-0.15, -0.1) is 0 Å². The van der Waals surface area contributed by atoms with Crippen molar-refractivity contribution in [2.45, 2.75) is 13.3 Å². The summed E-state index contributed by atoms with van der Waals surface area (Å²) in [5.41, 5.74) is 0. The largest absolute Gasteiger partial charge is 0.445 e. The summed E-state index contributed by atoms with van der Waals surface area (Å²) in [6, 6.07) is 0. The van der Waals surface area contributed by atoms with Crippen LogP contribution in [0, 0.1) is 0 Å². The molecule has 0 rings (SSSR count). The van der Waals surface area contributed by atoms with Crippen LogP contribution in [0.3, 0.4) is 0 Å². The van der Waals surface area contributed by atoms with Gasteiger partial charge in [-0.3, -0.25) is 0 Å². The first-order valence-electron chi connectivity index (χ1n) is 3.80. The van der Waals surface area contributed by atoms with E-state index in [0.29, 0.717) is 6.29 Å². The molecule has 0 atom stereocenters. The quantitative estimate of drug-likeness (QED) is 0.493. The third-order valence-corrected chi connectivity index (χ3v) is 1.04. The Labute approximate surface area is 71.6 Å². The van der Waals surface area contributed by atoms with E-state index in [1.807, 2.05) is 13.0 Å². The number of hydrogen-bond donors (Lipinski definition) is 1. The van der Waals surface area contributed by atoms with Crippen LogP contribution in [0.5, 0.6) is 0 Å². The van der Waals surface area contributed by atoms with Crippen molar-refractivity contribution in [3.63, 3.8) is 0 Å². The molecule has 68 valence electrons. The van der Waals surface area contributed by atoms with Gasteiger partial charge in [0.15, 0.2) is 0 Å². The standard InChI is InChI=1S/C8H13NO3/c1-2-3-4-7-12-8(11)9-5-6-10/h3-4,6H,2,5,7H2,1H3,(H,9,11). The van der Waals surface area contributed by atoms with Crippen molar-refractivity contribution in [2.75, 3.05) is 13.2 Å². The van der Waals surface area contributed by atoms with E-state index in [2.05, 4.69) is 10.1 Å². The summed E-state index contributed by atoms with van der Waals surface area (Å²) in [5.74, 6) is 0. The highest BCUT2D eigenvalue weighted by Crippen LogP contribution is 1.82. The first kappa shape index (κ1) is 10.7. The van der Waals surface area contributed by atoms with E-state index in [9.17, 15) is 9.59 Å². The van der Waals surface area contributed by atoms with Crippen LogP contribution < -0.4 is 5.32 Å². The number of alkyl carbamates (subject to hydrolysis) is 1. The Morgan fingerprint density at radius 2 is 2.25 bits per heavy atom. The van der Waals surface area contributed by atoms with Gasteiger partial charge in [0.25, 0.3) is 0 Å². The minimum absolute atomic E-state index is 0.00365. The zero-order valence-electron chi connectivity index (χ0n) is 7.08. The highest BCUT2D eigenvalue weighted by Gasteiger charge is 1.96. The lowest BCUT2D eigenvalue weighted by Gasteiger charge is -2.00. The van der Waals surface area contributed by atoms with E-state index >= 15 is 0 Å². The maximum absolute atomic E-state index is 10.6. The fourth-order valence-corrected chi connectivity index (χ4v) is 0.535. The number of carbonyl (C=O) groups is 2. The Balaban J connectivity index is 3.31. The Morgan fingerprint density at radius 3 is 2.83 bits per heavy atom. The average molecular weight is 171 g/mol. The van der Waals surface area contributed by atoms with E-state index in [4.69, 9.17) is 0 Å².